The normalized spacial score (nSPS) is 16.9. The van der Waals surface area contributed by atoms with Crippen LogP contribution >= 0.6 is 11.6 Å². The van der Waals surface area contributed by atoms with E-state index in [4.69, 9.17) is 16.3 Å². The number of carbonyl (C=O) groups is 1. The average molecular weight is 253 g/mol. The molecule has 17 heavy (non-hydrogen) atoms. The van der Waals surface area contributed by atoms with Crippen molar-refractivity contribution < 1.29 is 9.53 Å². The summed E-state index contributed by atoms with van der Waals surface area (Å²) in [6, 6.07) is 5.80. The molecular formula is C14H17ClO2. The Morgan fingerprint density at radius 3 is 2.76 bits per heavy atom. The van der Waals surface area contributed by atoms with Crippen molar-refractivity contribution in [3.05, 3.63) is 34.3 Å². The fraction of sp³-hybridized carbons (Fsp3) is 0.500. The Labute approximate surface area is 107 Å². The molecule has 0 spiro atoms. The van der Waals surface area contributed by atoms with Gasteiger partial charge in [0.25, 0.3) is 0 Å². The Hall–Kier alpha value is -0.860. The zero-order chi connectivity index (χ0) is 12.4. The fourth-order valence-electron chi connectivity index (χ4n) is 2.07. The van der Waals surface area contributed by atoms with Gasteiger partial charge in [0.2, 0.25) is 0 Å². The van der Waals surface area contributed by atoms with Crippen LogP contribution in [-0.2, 0) is 16.0 Å². The first-order valence-electron chi connectivity index (χ1n) is 5.92. The second kappa shape index (κ2) is 5.19. The Morgan fingerprint density at radius 1 is 1.53 bits per heavy atom. The molecule has 1 aromatic carbocycles. The van der Waals surface area contributed by atoms with Crippen molar-refractivity contribution in [3.63, 3.8) is 0 Å². The van der Waals surface area contributed by atoms with E-state index in [1.165, 1.54) is 0 Å². The molecule has 0 radical (unpaired) electrons. The van der Waals surface area contributed by atoms with Gasteiger partial charge >= 0.3 is 0 Å². The highest BCUT2D eigenvalue weighted by Gasteiger charge is 2.36. The number of ether oxygens (including phenoxy) is 1. The molecule has 1 aliphatic carbocycles. The highest BCUT2D eigenvalue weighted by atomic mass is 35.5. The SMILES string of the molecule is COC(C(=O)Cc1ccc(C)cc1Cl)C1CC1. The molecule has 1 fully saturated rings. The molecule has 1 aliphatic rings. The number of rotatable bonds is 5. The Bertz CT molecular complexity index is 424. The van der Waals surface area contributed by atoms with Crippen molar-refractivity contribution in [2.75, 3.05) is 7.11 Å². The summed E-state index contributed by atoms with van der Waals surface area (Å²) in [5.74, 6) is 0.567. The highest BCUT2D eigenvalue weighted by molar-refractivity contribution is 6.31. The van der Waals surface area contributed by atoms with Crippen LogP contribution < -0.4 is 0 Å². The minimum absolute atomic E-state index is 0.140. The molecule has 0 amide bonds. The maximum absolute atomic E-state index is 12.1. The van der Waals surface area contributed by atoms with Gasteiger partial charge in [-0.05, 0) is 42.9 Å². The molecule has 1 unspecified atom stereocenters. The first-order chi connectivity index (χ1) is 8.11. The molecule has 0 aliphatic heterocycles. The van der Waals surface area contributed by atoms with Gasteiger partial charge in [0.1, 0.15) is 6.10 Å². The number of methoxy groups -OCH3 is 1. The van der Waals surface area contributed by atoms with Gasteiger partial charge < -0.3 is 4.74 Å². The quantitative estimate of drug-likeness (QED) is 0.805. The molecular weight excluding hydrogens is 236 g/mol. The predicted octanol–water partition coefficient (Wildman–Crippen LogP) is 3.19. The van der Waals surface area contributed by atoms with Crippen molar-refractivity contribution >= 4 is 17.4 Å². The Balaban J connectivity index is 2.06. The van der Waals surface area contributed by atoms with Crippen LogP contribution in [0, 0.1) is 12.8 Å². The first kappa shape index (κ1) is 12.6. The Morgan fingerprint density at radius 2 is 2.24 bits per heavy atom. The van der Waals surface area contributed by atoms with Crippen molar-refractivity contribution in [1.82, 2.24) is 0 Å². The third-order valence-corrected chi connectivity index (χ3v) is 3.55. The van der Waals surface area contributed by atoms with E-state index in [1.807, 2.05) is 25.1 Å². The van der Waals surface area contributed by atoms with Gasteiger partial charge in [-0.3, -0.25) is 4.79 Å². The standard InChI is InChI=1S/C14H17ClO2/c1-9-3-4-11(12(15)7-9)8-13(16)14(17-2)10-5-6-10/h3-4,7,10,14H,5-6,8H2,1-2H3. The molecule has 0 saturated heterocycles. The average Bonchev–Trinajstić information content (AvgIpc) is 3.08. The van der Waals surface area contributed by atoms with Crippen molar-refractivity contribution in [1.29, 1.82) is 0 Å². The molecule has 0 aromatic heterocycles. The monoisotopic (exact) mass is 252 g/mol. The summed E-state index contributed by atoms with van der Waals surface area (Å²) >= 11 is 6.12. The summed E-state index contributed by atoms with van der Waals surface area (Å²) in [7, 11) is 1.61. The molecule has 92 valence electrons. The molecule has 0 bridgehead atoms. The zero-order valence-corrected chi connectivity index (χ0v) is 11.0. The number of hydrogen-bond acceptors (Lipinski definition) is 2. The summed E-state index contributed by atoms with van der Waals surface area (Å²) in [5.41, 5.74) is 2.00. The van der Waals surface area contributed by atoms with E-state index >= 15 is 0 Å². The third-order valence-electron chi connectivity index (χ3n) is 3.19. The van der Waals surface area contributed by atoms with Gasteiger partial charge in [-0.15, -0.1) is 0 Å². The van der Waals surface area contributed by atoms with E-state index in [-0.39, 0.29) is 11.9 Å². The lowest BCUT2D eigenvalue weighted by atomic mass is 10.0. The molecule has 0 heterocycles. The van der Waals surface area contributed by atoms with E-state index in [0.717, 1.165) is 24.0 Å². The van der Waals surface area contributed by atoms with Gasteiger partial charge in [-0.1, -0.05) is 23.7 Å². The molecule has 3 heteroatoms. The number of benzene rings is 1. The summed E-state index contributed by atoms with van der Waals surface area (Å²) in [6.45, 7) is 1.99. The van der Waals surface area contributed by atoms with Crippen LogP contribution in [0.5, 0.6) is 0 Å². The fourth-order valence-corrected chi connectivity index (χ4v) is 2.37. The van der Waals surface area contributed by atoms with Crippen molar-refractivity contribution in [2.45, 2.75) is 32.3 Å². The molecule has 2 rings (SSSR count). The second-order valence-electron chi connectivity index (χ2n) is 4.73. The van der Waals surface area contributed by atoms with E-state index < -0.39 is 0 Å². The lowest BCUT2D eigenvalue weighted by molar-refractivity contribution is -0.129. The van der Waals surface area contributed by atoms with E-state index in [2.05, 4.69) is 0 Å². The van der Waals surface area contributed by atoms with Crippen LogP contribution in [0.2, 0.25) is 5.02 Å². The molecule has 2 nitrogen and oxygen atoms in total. The lowest BCUT2D eigenvalue weighted by Crippen LogP contribution is -2.26. The van der Waals surface area contributed by atoms with Gasteiger partial charge in [0.05, 0.1) is 0 Å². The molecule has 1 aromatic rings. The Kier molecular flexibility index (Phi) is 3.85. The summed E-state index contributed by atoms with van der Waals surface area (Å²) in [5, 5.41) is 0.670. The largest absolute Gasteiger partial charge is 0.373 e. The number of ketones is 1. The van der Waals surface area contributed by atoms with Crippen LogP contribution in [0.3, 0.4) is 0 Å². The second-order valence-corrected chi connectivity index (χ2v) is 5.14. The number of hydrogen-bond donors (Lipinski definition) is 0. The minimum Gasteiger partial charge on any atom is -0.373 e. The molecule has 0 N–H and O–H groups in total. The van der Waals surface area contributed by atoms with Gasteiger partial charge in [0.15, 0.2) is 5.78 Å². The van der Waals surface area contributed by atoms with E-state index in [0.29, 0.717) is 17.4 Å². The van der Waals surface area contributed by atoms with Crippen molar-refractivity contribution in [3.8, 4) is 0 Å². The summed E-state index contributed by atoms with van der Waals surface area (Å²) in [4.78, 5) is 12.1. The van der Waals surface area contributed by atoms with Gasteiger partial charge in [-0.2, -0.15) is 0 Å². The van der Waals surface area contributed by atoms with Crippen LogP contribution in [0.15, 0.2) is 18.2 Å². The maximum Gasteiger partial charge on any atom is 0.166 e. The third kappa shape index (κ3) is 3.08. The first-order valence-corrected chi connectivity index (χ1v) is 6.30. The van der Waals surface area contributed by atoms with Gasteiger partial charge in [0, 0.05) is 18.6 Å². The minimum atomic E-state index is -0.243. The zero-order valence-electron chi connectivity index (χ0n) is 10.2. The summed E-state index contributed by atoms with van der Waals surface area (Å²) < 4.78 is 5.28. The van der Waals surface area contributed by atoms with E-state index in [9.17, 15) is 4.79 Å². The topological polar surface area (TPSA) is 26.3 Å². The van der Waals surface area contributed by atoms with Crippen LogP contribution in [-0.4, -0.2) is 19.0 Å². The number of Topliss-reactive ketones (excluding diaryl/α,β-unsaturated/α-hetero) is 1. The van der Waals surface area contributed by atoms with Crippen LogP contribution in [0.4, 0.5) is 0 Å². The molecule has 1 atom stereocenters. The van der Waals surface area contributed by atoms with Crippen LogP contribution in [0.1, 0.15) is 24.0 Å². The maximum atomic E-state index is 12.1. The van der Waals surface area contributed by atoms with Gasteiger partial charge in [-0.25, -0.2) is 0 Å². The number of halogens is 1. The summed E-state index contributed by atoms with van der Waals surface area (Å²) in [6.07, 6.45) is 2.33. The predicted molar refractivity (Wildman–Crippen MR) is 68.4 cm³/mol. The smallest absolute Gasteiger partial charge is 0.166 e. The van der Waals surface area contributed by atoms with Crippen LogP contribution in [0.25, 0.3) is 0 Å². The van der Waals surface area contributed by atoms with E-state index in [1.54, 1.807) is 7.11 Å². The lowest BCUT2D eigenvalue weighted by Gasteiger charge is -2.13. The number of aryl methyl sites for hydroxylation is 1. The number of carbonyl (C=O) groups excluding carboxylic acids is 1. The van der Waals surface area contributed by atoms with Crippen molar-refractivity contribution in [2.24, 2.45) is 5.92 Å². The molecule has 1 saturated carbocycles. The highest BCUT2D eigenvalue weighted by Crippen LogP contribution is 2.35.